The van der Waals surface area contributed by atoms with Gasteiger partial charge < -0.3 is 9.84 Å². The Bertz CT molecular complexity index is 1430. The maximum atomic E-state index is 12.7. The van der Waals surface area contributed by atoms with E-state index in [2.05, 4.69) is 0 Å². The Labute approximate surface area is 195 Å². The highest BCUT2D eigenvalue weighted by atomic mass is 16.5. The summed E-state index contributed by atoms with van der Waals surface area (Å²) in [4.78, 5) is 38.1. The summed E-state index contributed by atoms with van der Waals surface area (Å²) in [7, 11) is 0. The summed E-state index contributed by atoms with van der Waals surface area (Å²) in [6, 6.07) is 22.2. The molecule has 0 saturated carbocycles. The monoisotopic (exact) mass is 445 g/mol. The van der Waals surface area contributed by atoms with Gasteiger partial charge in [-0.2, -0.15) is 0 Å². The third-order valence-electron chi connectivity index (χ3n) is 5.62. The lowest BCUT2D eigenvalue weighted by Crippen LogP contribution is -2.03. The number of ketones is 3. The van der Waals surface area contributed by atoms with Crippen molar-refractivity contribution in [2.45, 2.75) is 0 Å². The largest absolute Gasteiger partial charge is 0.872 e. The van der Waals surface area contributed by atoms with Crippen molar-refractivity contribution >= 4 is 23.1 Å². The summed E-state index contributed by atoms with van der Waals surface area (Å²) in [5.74, 6) is -0.658. The number of rotatable bonds is 5. The molecule has 0 aromatic heterocycles. The fourth-order valence-corrected chi connectivity index (χ4v) is 3.93. The second-order valence-electron chi connectivity index (χ2n) is 7.72. The molecule has 0 unspecified atom stereocenters. The van der Waals surface area contributed by atoms with Crippen molar-refractivity contribution in [1.29, 1.82) is 0 Å². The van der Waals surface area contributed by atoms with Crippen molar-refractivity contribution in [2.24, 2.45) is 0 Å². The van der Waals surface area contributed by atoms with E-state index in [1.807, 2.05) is 6.07 Å². The molecule has 0 bridgehead atoms. The summed E-state index contributed by atoms with van der Waals surface area (Å²) in [5.41, 5.74) is 1.51. The average molecular weight is 445 g/mol. The van der Waals surface area contributed by atoms with E-state index in [1.54, 1.807) is 72.8 Å². The van der Waals surface area contributed by atoms with Crippen LogP contribution in [0.15, 0.2) is 120 Å². The second-order valence-corrected chi connectivity index (χ2v) is 7.72. The predicted molar refractivity (Wildman–Crippen MR) is 125 cm³/mol. The van der Waals surface area contributed by atoms with Crippen molar-refractivity contribution < 1.29 is 24.2 Å². The summed E-state index contributed by atoms with van der Waals surface area (Å²) in [5, 5.41) is 12.7. The van der Waals surface area contributed by atoms with Crippen LogP contribution in [-0.2, 0) is 0 Å². The van der Waals surface area contributed by atoms with Gasteiger partial charge in [-0.25, -0.2) is 0 Å². The zero-order valence-corrected chi connectivity index (χ0v) is 17.9. The molecule has 0 radical (unpaired) electrons. The molecule has 5 heteroatoms. The van der Waals surface area contributed by atoms with E-state index in [0.717, 1.165) is 0 Å². The number of ether oxygens (including phenoxy) is 1. The standard InChI is InChI=1S/C29H18O5/c30-26-20-10-4-5-11-21(20)27(31)24(26)16-14-19(34-18-8-2-1-3-9-18)15-17-25-28(32)22-12-6-7-13-23(22)29(25)33/h1-17,30H/p-1/b16-14+,19-15-. The van der Waals surface area contributed by atoms with Crippen molar-refractivity contribution in [2.75, 3.05) is 0 Å². The zero-order chi connectivity index (χ0) is 23.7. The van der Waals surface area contributed by atoms with Crippen LogP contribution < -0.4 is 9.84 Å². The molecule has 0 atom stereocenters. The Morgan fingerprint density at radius 3 is 1.79 bits per heavy atom. The molecule has 0 amide bonds. The number of hydrogen-bond donors (Lipinski definition) is 0. The minimum absolute atomic E-state index is 0.0249. The number of allylic oxidation sites excluding steroid dienone is 6. The minimum atomic E-state index is -0.356. The second kappa shape index (κ2) is 8.64. The molecule has 0 saturated heterocycles. The van der Waals surface area contributed by atoms with Crippen molar-refractivity contribution in [3.8, 4) is 5.75 Å². The fraction of sp³-hybridized carbons (Fsp3) is 0. The highest BCUT2D eigenvalue weighted by Crippen LogP contribution is 2.30. The Morgan fingerprint density at radius 2 is 1.21 bits per heavy atom. The molecule has 34 heavy (non-hydrogen) atoms. The maximum Gasteiger partial charge on any atom is 0.197 e. The number of Topliss-reactive ketones (excluding diaryl/α,β-unsaturated/α-hetero) is 3. The van der Waals surface area contributed by atoms with Gasteiger partial charge in [0.1, 0.15) is 11.5 Å². The van der Waals surface area contributed by atoms with Crippen LogP contribution in [0.4, 0.5) is 0 Å². The number of fused-ring (bicyclic) bond motifs is 2. The predicted octanol–water partition coefficient (Wildman–Crippen LogP) is 4.48. The van der Waals surface area contributed by atoms with Crippen LogP contribution >= 0.6 is 0 Å². The highest BCUT2D eigenvalue weighted by molar-refractivity contribution is 6.39. The normalized spacial score (nSPS) is 15.2. The van der Waals surface area contributed by atoms with Crippen molar-refractivity contribution in [3.05, 3.63) is 142 Å². The SMILES string of the molecule is O=C1C(=C/C=C(/C=C/C2=C([O-])c3ccccc3C2=O)Oc2ccccc2)C(=O)c2ccccc21. The quantitative estimate of drug-likeness (QED) is 0.250. The van der Waals surface area contributed by atoms with Gasteiger partial charge in [0.05, 0.1) is 5.57 Å². The van der Waals surface area contributed by atoms with Crippen LogP contribution in [0.2, 0.25) is 0 Å². The Morgan fingerprint density at radius 1 is 0.676 bits per heavy atom. The first kappa shape index (κ1) is 21.1. The minimum Gasteiger partial charge on any atom is -0.872 e. The molecule has 3 aromatic rings. The van der Waals surface area contributed by atoms with Crippen LogP contribution in [0, 0.1) is 0 Å². The molecule has 0 spiro atoms. The molecule has 2 aliphatic carbocycles. The molecule has 0 N–H and O–H groups in total. The van der Waals surface area contributed by atoms with Gasteiger partial charge in [-0.3, -0.25) is 14.4 Å². The summed E-state index contributed by atoms with van der Waals surface area (Å²) in [6.45, 7) is 0. The number of para-hydroxylation sites is 1. The van der Waals surface area contributed by atoms with Gasteiger partial charge in [-0.15, -0.1) is 0 Å². The fourth-order valence-electron chi connectivity index (χ4n) is 3.93. The number of benzene rings is 3. The Balaban J connectivity index is 1.50. The zero-order valence-electron chi connectivity index (χ0n) is 17.9. The van der Waals surface area contributed by atoms with Gasteiger partial charge in [0.15, 0.2) is 17.3 Å². The van der Waals surface area contributed by atoms with E-state index in [0.29, 0.717) is 28.0 Å². The molecule has 2 aliphatic rings. The van der Waals surface area contributed by atoms with E-state index < -0.39 is 0 Å². The molecular weight excluding hydrogens is 428 g/mol. The molecule has 0 aliphatic heterocycles. The van der Waals surface area contributed by atoms with Gasteiger partial charge in [-0.1, -0.05) is 72.5 Å². The molecule has 0 fully saturated rings. The first-order valence-corrected chi connectivity index (χ1v) is 10.6. The van der Waals surface area contributed by atoms with Crippen molar-refractivity contribution in [3.63, 3.8) is 0 Å². The van der Waals surface area contributed by atoms with Gasteiger partial charge in [-0.05, 0) is 42.0 Å². The topological polar surface area (TPSA) is 83.5 Å². The molecule has 5 rings (SSSR count). The third kappa shape index (κ3) is 3.69. The van der Waals surface area contributed by atoms with Crippen LogP contribution in [0.25, 0.3) is 5.76 Å². The van der Waals surface area contributed by atoms with Gasteiger partial charge >= 0.3 is 0 Å². The Kier molecular flexibility index (Phi) is 5.36. The maximum absolute atomic E-state index is 12.7. The van der Waals surface area contributed by atoms with Crippen molar-refractivity contribution in [1.82, 2.24) is 0 Å². The van der Waals surface area contributed by atoms with E-state index in [9.17, 15) is 19.5 Å². The van der Waals surface area contributed by atoms with Crippen LogP contribution in [0.1, 0.15) is 36.6 Å². The summed E-state index contributed by atoms with van der Waals surface area (Å²) in [6.07, 6.45) is 5.78. The molecule has 3 aromatic carbocycles. The van der Waals surface area contributed by atoms with E-state index in [4.69, 9.17) is 4.74 Å². The van der Waals surface area contributed by atoms with Gasteiger partial charge in [0.2, 0.25) is 0 Å². The average Bonchev–Trinajstić information content (AvgIpc) is 3.26. The highest BCUT2D eigenvalue weighted by Gasteiger charge is 2.32. The lowest BCUT2D eigenvalue weighted by atomic mass is 10.1. The molecule has 0 heterocycles. The van der Waals surface area contributed by atoms with Gasteiger partial charge in [0.25, 0.3) is 0 Å². The first-order chi connectivity index (χ1) is 16.5. The molecule has 5 nitrogen and oxygen atoms in total. The number of carbonyl (C=O) groups is 3. The Hall–Kier alpha value is -4.77. The van der Waals surface area contributed by atoms with Crippen LogP contribution in [-0.4, -0.2) is 17.3 Å². The van der Waals surface area contributed by atoms with E-state index in [-0.39, 0.29) is 40.0 Å². The van der Waals surface area contributed by atoms with Crippen LogP contribution in [0.3, 0.4) is 0 Å². The number of carbonyl (C=O) groups excluding carboxylic acids is 3. The lowest BCUT2D eigenvalue weighted by Gasteiger charge is -2.09. The lowest BCUT2D eigenvalue weighted by molar-refractivity contribution is -0.244. The third-order valence-corrected chi connectivity index (χ3v) is 5.62. The summed E-state index contributed by atoms with van der Waals surface area (Å²) < 4.78 is 5.90. The van der Waals surface area contributed by atoms with Gasteiger partial charge in [0, 0.05) is 22.3 Å². The number of hydrogen-bond acceptors (Lipinski definition) is 5. The van der Waals surface area contributed by atoms with Crippen LogP contribution in [0.5, 0.6) is 5.75 Å². The first-order valence-electron chi connectivity index (χ1n) is 10.6. The van der Waals surface area contributed by atoms with E-state index in [1.165, 1.54) is 24.3 Å². The van der Waals surface area contributed by atoms with E-state index >= 15 is 0 Å². The summed E-state index contributed by atoms with van der Waals surface area (Å²) >= 11 is 0. The molecular formula is C29H17O5-. The molecule has 164 valence electrons. The smallest absolute Gasteiger partial charge is 0.197 e.